The van der Waals surface area contributed by atoms with Crippen molar-refractivity contribution in [2.24, 2.45) is 0 Å². The van der Waals surface area contributed by atoms with Crippen LogP contribution < -0.4 is 14.2 Å². The van der Waals surface area contributed by atoms with Crippen LogP contribution in [0, 0.1) is 0 Å². The first-order chi connectivity index (χ1) is 12.3. The van der Waals surface area contributed by atoms with Gasteiger partial charge in [0.25, 0.3) is 0 Å². The first kappa shape index (κ1) is 21.4. The van der Waals surface area contributed by atoms with E-state index in [4.69, 9.17) is 18.9 Å². The lowest BCUT2D eigenvalue weighted by Crippen LogP contribution is -2.00. The second-order valence-electron chi connectivity index (χ2n) is 5.98. The number of rotatable bonds is 14. The van der Waals surface area contributed by atoms with Crippen molar-refractivity contribution in [3.63, 3.8) is 0 Å². The zero-order valence-corrected chi connectivity index (χ0v) is 16.3. The summed E-state index contributed by atoms with van der Waals surface area (Å²) in [6.07, 6.45) is 10.9. The van der Waals surface area contributed by atoms with Crippen molar-refractivity contribution in [1.29, 1.82) is 0 Å². The van der Waals surface area contributed by atoms with Crippen molar-refractivity contribution in [2.75, 3.05) is 34.0 Å². The molecule has 0 amide bonds. The molecular weight excluding hydrogens is 316 g/mol. The quantitative estimate of drug-likeness (QED) is 0.416. The van der Waals surface area contributed by atoms with Gasteiger partial charge in [-0.1, -0.05) is 45.6 Å². The second-order valence-corrected chi connectivity index (χ2v) is 5.98. The SMILES string of the molecule is CCCCCOC/C=C/c1c(OC)cc(OCCCCC)cc1OC. The van der Waals surface area contributed by atoms with Crippen LogP contribution in [0.4, 0.5) is 0 Å². The van der Waals surface area contributed by atoms with Gasteiger partial charge in [-0.05, 0) is 18.9 Å². The maximum Gasteiger partial charge on any atom is 0.133 e. The first-order valence-corrected chi connectivity index (χ1v) is 9.39. The van der Waals surface area contributed by atoms with E-state index in [9.17, 15) is 0 Å². The molecule has 142 valence electrons. The predicted molar refractivity (Wildman–Crippen MR) is 104 cm³/mol. The number of benzene rings is 1. The number of hydrogen-bond donors (Lipinski definition) is 0. The summed E-state index contributed by atoms with van der Waals surface area (Å²) < 4.78 is 22.5. The van der Waals surface area contributed by atoms with E-state index in [1.165, 1.54) is 25.7 Å². The molecule has 0 fully saturated rings. The van der Waals surface area contributed by atoms with Crippen LogP contribution in [0.15, 0.2) is 18.2 Å². The van der Waals surface area contributed by atoms with Gasteiger partial charge in [0.05, 0.1) is 33.0 Å². The summed E-state index contributed by atoms with van der Waals surface area (Å²) in [5, 5.41) is 0. The Balaban J connectivity index is 2.67. The third kappa shape index (κ3) is 8.30. The average Bonchev–Trinajstić information content (AvgIpc) is 2.64. The predicted octanol–water partition coefficient (Wildman–Crippen LogP) is 5.49. The molecule has 0 N–H and O–H groups in total. The monoisotopic (exact) mass is 350 g/mol. The molecule has 1 rings (SSSR count). The van der Waals surface area contributed by atoms with Gasteiger partial charge in [-0.3, -0.25) is 0 Å². The van der Waals surface area contributed by atoms with E-state index in [1.54, 1.807) is 14.2 Å². The lowest BCUT2D eigenvalue weighted by Gasteiger charge is -2.14. The van der Waals surface area contributed by atoms with E-state index < -0.39 is 0 Å². The molecular formula is C21H34O4. The van der Waals surface area contributed by atoms with Gasteiger partial charge >= 0.3 is 0 Å². The van der Waals surface area contributed by atoms with Gasteiger partial charge in [0.2, 0.25) is 0 Å². The summed E-state index contributed by atoms with van der Waals surface area (Å²) in [7, 11) is 3.32. The van der Waals surface area contributed by atoms with E-state index in [0.29, 0.717) is 13.2 Å². The van der Waals surface area contributed by atoms with Crippen molar-refractivity contribution >= 4 is 6.08 Å². The molecule has 0 unspecified atom stereocenters. The standard InChI is InChI=1S/C21H34O4/c1-5-7-9-13-24-14-11-12-19-20(22-3)16-18(17-21(19)23-4)25-15-10-8-6-2/h11-12,16-17H,5-10,13-15H2,1-4H3/b12-11+. The number of hydrogen-bond acceptors (Lipinski definition) is 4. The van der Waals surface area contributed by atoms with Crippen molar-refractivity contribution in [2.45, 2.75) is 52.4 Å². The van der Waals surface area contributed by atoms with Crippen molar-refractivity contribution in [1.82, 2.24) is 0 Å². The molecule has 0 spiro atoms. The van der Waals surface area contributed by atoms with E-state index >= 15 is 0 Å². The zero-order valence-electron chi connectivity index (χ0n) is 16.3. The Kier molecular flexibility index (Phi) is 11.6. The fourth-order valence-electron chi connectivity index (χ4n) is 2.48. The Morgan fingerprint density at radius 1 is 0.840 bits per heavy atom. The molecule has 0 heterocycles. The maximum atomic E-state index is 5.82. The smallest absolute Gasteiger partial charge is 0.133 e. The van der Waals surface area contributed by atoms with Crippen molar-refractivity contribution in [3.8, 4) is 17.2 Å². The number of unbranched alkanes of at least 4 members (excludes halogenated alkanes) is 4. The minimum absolute atomic E-state index is 0.589. The average molecular weight is 350 g/mol. The van der Waals surface area contributed by atoms with Crippen LogP contribution in [-0.2, 0) is 4.74 Å². The van der Waals surface area contributed by atoms with Crippen LogP contribution in [0.2, 0.25) is 0 Å². The fourth-order valence-corrected chi connectivity index (χ4v) is 2.48. The Bertz CT molecular complexity index is 472. The van der Waals surface area contributed by atoms with E-state index in [2.05, 4.69) is 13.8 Å². The molecule has 0 aromatic heterocycles. The molecule has 0 saturated heterocycles. The van der Waals surface area contributed by atoms with Gasteiger partial charge in [0.1, 0.15) is 17.2 Å². The third-order valence-corrected chi connectivity index (χ3v) is 3.92. The largest absolute Gasteiger partial charge is 0.496 e. The topological polar surface area (TPSA) is 36.9 Å². The Morgan fingerprint density at radius 3 is 2.00 bits per heavy atom. The molecule has 4 heteroatoms. The van der Waals surface area contributed by atoms with E-state index in [1.807, 2.05) is 24.3 Å². The number of ether oxygens (including phenoxy) is 4. The van der Waals surface area contributed by atoms with Crippen LogP contribution in [0.1, 0.15) is 57.9 Å². The number of methoxy groups -OCH3 is 2. The van der Waals surface area contributed by atoms with Gasteiger partial charge < -0.3 is 18.9 Å². The normalized spacial score (nSPS) is 11.0. The lowest BCUT2D eigenvalue weighted by atomic mass is 10.1. The summed E-state index contributed by atoms with van der Waals surface area (Å²) in [5.74, 6) is 2.26. The molecule has 1 aromatic rings. The van der Waals surface area contributed by atoms with Crippen LogP contribution in [-0.4, -0.2) is 34.0 Å². The van der Waals surface area contributed by atoms with E-state index in [0.717, 1.165) is 42.3 Å². The molecule has 0 aliphatic heterocycles. The highest BCUT2D eigenvalue weighted by Crippen LogP contribution is 2.35. The van der Waals surface area contributed by atoms with Gasteiger partial charge in [0, 0.05) is 18.7 Å². The van der Waals surface area contributed by atoms with E-state index in [-0.39, 0.29) is 0 Å². The van der Waals surface area contributed by atoms with Crippen LogP contribution in [0.5, 0.6) is 17.2 Å². The minimum Gasteiger partial charge on any atom is -0.496 e. The highest BCUT2D eigenvalue weighted by atomic mass is 16.5. The molecule has 0 radical (unpaired) electrons. The molecule has 0 atom stereocenters. The highest BCUT2D eigenvalue weighted by molar-refractivity contribution is 5.66. The van der Waals surface area contributed by atoms with Gasteiger partial charge in [-0.25, -0.2) is 0 Å². The van der Waals surface area contributed by atoms with Crippen LogP contribution >= 0.6 is 0 Å². The fraction of sp³-hybridized carbons (Fsp3) is 0.619. The first-order valence-electron chi connectivity index (χ1n) is 9.39. The Morgan fingerprint density at radius 2 is 1.44 bits per heavy atom. The van der Waals surface area contributed by atoms with Crippen LogP contribution in [0.25, 0.3) is 6.08 Å². The van der Waals surface area contributed by atoms with Gasteiger partial charge in [-0.15, -0.1) is 0 Å². The zero-order chi connectivity index (χ0) is 18.3. The van der Waals surface area contributed by atoms with Gasteiger partial charge in [0.15, 0.2) is 0 Å². The molecule has 0 aliphatic rings. The summed E-state index contributed by atoms with van der Waals surface area (Å²) in [6, 6.07) is 3.83. The Hall–Kier alpha value is -1.68. The second kappa shape index (κ2) is 13.6. The van der Waals surface area contributed by atoms with Crippen LogP contribution in [0.3, 0.4) is 0 Å². The summed E-state index contributed by atoms with van der Waals surface area (Å²) in [4.78, 5) is 0. The maximum absolute atomic E-state index is 5.82. The summed E-state index contributed by atoms with van der Waals surface area (Å²) in [6.45, 7) is 6.47. The molecule has 4 nitrogen and oxygen atoms in total. The van der Waals surface area contributed by atoms with Gasteiger partial charge in [-0.2, -0.15) is 0 Å². The Labute approximate surface area is 153 Å². The highest BCUT2D eigenvalue weighted by Gasteiger charge is 2.11. The lowest BCUT2D eigenvalue weighted by molar-refractivity contribution is 0.158. The van der Waals surface area contributed by atoms with Crippen molar-refractivity contribution in [3.05, 3.63) is 23.8 Å². The molecule has 25 heavy (non-hydrogen) atoms. The summed E-state index contributed by atoms with van der Waals surface area (Å²) in [5.41, 5.74) is 0.906. The minimum atomic E-state index is 0.589. The third-order valence-electron chi connectivity index (χ3n) is 3.92. The summed E-state index contributed by atoms with van der Waals surface area (Å²) >= 11 is 0. The van der Waals surface area contributed by atoms with Crippen molar-refractivity contribution < 1.29 is 18.9 Å². The molecule has 0 bridgehead atoms. The molecule has 1 aromatic carbocycles. The molecule has 0 aliphatic carbocycles. The molecule has 0 saturated carbocycles.